The number of nitrogens with zero attached hydrogens (tertiary/aromatic N) is 1. The third kappa shape index (κ3) is 3.85. The molecule has 3 nitrogen and oxygen atoms in total. The number of anilines is 2. The molecule has 0 saturated heterocycles. The highest BCUT2D eigenvalue weighted by Crippen LogP contribution is 2.29. The van der Waals surface area contributed by atoms with E-state index in [1.807, 2.05) is 13.8 Å². The molecule has 0 radical (unpaired) electrons. The Kier molecular flexibility index (Phi) is 5.71. The van der Waals surface area contributed by atoms with Gasteiger partial charge in [0.05, 0.1) is 22.5 Å². The Balaban J connectivity index is 2.84. The lowest BCUT2D eigenvalue weighted by atomic mass is 10.2. The molecule has 0 atom stereocenters. The maximum absolute atomic E-state index is 13.3. The highest BCUT2D eigenvalue weighted by molar-refractivity contribution is 9.10. The van der Waals surface area contributed by atoms with Crippen molar-refractivity contribution in [1.29, 1.82) is 0 Å². The molecule has 0 amide bonds. The molecular formula is C12H18BrFN2O. The molecule has 17 heavy (non-hydrogen) atoms. The Morgan fingerprint density at radius 3 is 2.71 bits per heavy atom. The summed E-state index contributed by atoms with van der Waals surface area (Å²) in [7, 11) is 0. The van der Waals surface area contributed by atoms with Gasteiger partial charge in [-0.05, 0) is 35.8 Å². The zero-order valence-electron chi connectivity index (χ0n) is 10.2. The Hall–Kier alpha value is -0.810. The van der Waals surface area contributed by atoms with Crippen LogP contribution >= 0.6 is 15.9 Å². The van der Waals surface area contributed by atoms with Crippen LogP contribution in [-0.4, -0.2) is 26.3 Å². The zero-order chi connectivity index (χ0) is 12.8. The van der Waals surface area contributed by atoms with E-state index in [0.717, 1.165) is 18.8 Å². The van der Waals surface area contributed by atoms with Crippen LogP contribution in [0.4, 0.5) is 15.8 Å². The number of hydrogen-bond donors (Lipinski definition) is 1. The molecule has 0 spiro atoms. The monoisotopic (exact) mass is 304 g/mol. The minimum absolute atomic E-state index is 0.341. The van der Waals surface area contributed by atoms with Gasteiger partial charge in [-0.2, -0.15) is 0 Å². The molecule has 0 aliphatic carbocycles. The van der Waals surface area contributed by atoms with Gasteiger partial charge in [0.25, 0.3) is 0 Å². The van der Waals surface area contributed by atoms with Crippen molar-refractivity contribution in [3.05, 3.63) is 22.4 Å². The lowest BCUT2D eigenvalue weighted by Gasteiger charge is -2.24. The molecule has 0 unspecified atom stereocenters. The second kappa shape index (κ2) is 6.81. The summed E-state index contributed by atoms with van der Waals surface area (Å²) in [6.07, 6.45) is 0. The van der Waals surface area contributed by atoms with Crippen molar-refractivity contribution in [2.45, 2.75) is 13.8 Å². The normalized spacial score (nSPS) is 10.6. The molecule has 0 saturated carbocycles. The third-order valence-corrected chi connectivity index (χ3v) is 3.11. The average molecular weight is 305 g/mol. The summed E-state index contributed by atoms with van der Waals surface area (Å²) in [5.74, 6) is -0.341. The first-order valence-electron chi connectivity index (χ1n) is 5.67. The minimum atomic E-state index is -0.341. The first-order valence-corrected chi connectivity index (χ1v) is 6.46. The van der Waals surface area contributed by atoms with Crippen LogP contribution in [0.1, 0.15) is 13.8 Å². The summed E-state index contributed by atoms with van der Waals surface area (Å²) in [5, 5.41) is 0. The topological polar surface area (TPSA) is 38.5 Å². The summed E-state index contributed by atoms with van der Waals surface area (Å²) >= 11 is 3.17. The quantitative estimate of drug-likeness (QED) is 0.648. The lowest BCUT2D eigenvalue weighted by Crippen LogP contribution is -2.28. The Morgan fingerprint density at radius 2 is 2.12 bits per heavy atom. The van der Waals surface area contributed by atoms with E-state index in [1.165, 1.54) is 6.07 Å². The van der Waals surface area contributed by atoms with Crippen LogP contribution in [0, 0.1) is 5.82 Å². The van der Waals surface area contributed by atoms with Crippen molar-refractivity contribution >= 4 is 27.3 Å². The van der Waals surface area contributed by atoms with Crippen LogP contribution in [0.5, 0.6) is 0 Å². The van der Waals surface area contributed by atoms with Crippen molar-refractivity contribution in [2.24, 2.45) is 0 Å². The van der Waals surface area contributed by atoms with Gasteiger partial charge >= 0.3 is 0 Å². The maximum atomic E-state index is 13.3. The van der Waals surface area contributed by atoms with Crippen LogP contribution in [0.15, 0.2) is 16.6 Å². The smallest absolute Gasteiger partial charge is 0.139 e. The average Bonchev–Trinajstić information content (AvgIpc) is 2.30. The number of rotatable bonds is 6. The number of likely N-dealkylation sites (N-methyl/N-ethyl adjacent to an activating group) is 1. The van der Waals surface area contributed by atoms with E-state index in [-0.39, 0.29) is 5.82 Å². The van der Waals surface area contributed by atoms with Gasteiger partial charge in [-0.25, -0.2) is 4.39 Å². The van der Waals surface area contributed by atoms with Crippen molar-refractivity contribution < 1.29 is 9.13 Å². The van der Waals surface area contributed by atoms with E-state index in [1.54, 1.807) is 6.07 Å². The van der Waals surface area contributed by atoms with Gasteiger partial charge in [0.2, 0.25) is 0 Å². The first kappa shape index (κ1) is 14.3. The lowest BCUT2D eigenvalue weighted by molar-refractivity contribution is 0.154. The van der Waals surface area contributed by atoms with Gasteiger partial charge in [0, 0.05) is 25.8 Å². The Morgan fingerprint density at radius 1 is 1.41 bits per heavy atom. The largest absolute Gasteiger partial charge is 0.397 e. The maximum Gasteiger partial charge on any atom is 0.139 e. The summed E-state index contributed by atoms with van der Waals surface area (Å²) in [4.78, 5) is 2.06. The molecule has 5 heteroatoms. The molecule has 0 aliphatic rings. The zero-order valence-corrected chi connectivity index (χ0v) is 11.8. The third-order valence-electron chi connectivity index (χ3n) is 2.50. The number of hydrogen-bond acceptors (Lipinski definition) is 3. The molecule has 96 valence electrons. The highest BCUT2D eigenvalue weighted by atomic mass is 79.9. The minimum Gasteiger partial charge on any atom is -0.397 e. The molecule has 0 heterocycles. The second-order valence-corrected chi connectivity index (χ2v) is 4.46. The molecule has 0 aliphatic heterocycles. The summed E-state index contributed by atoms with van der Waals surface area (Å²) in [5.41, 5.74) is 7.11. The standard InChI is InChI=1S/C12H18BrFN2O/c1-3-16(5-6-17-4-2)12-7-9(13)10(14)8-11(12)15/h7-8H,3-6,15H2,1-2H3. The van der Waals surface area contributed by atoms with E-state index in [0.29, 0.717) is 23.4 Å². The highest BCUT2D eigenvalue weighted by Gasteiger charge is 2.11. The first-order chi connectivity index (χ1) is 8.10. The fraction of sp³-hybridized carbons (Fsp3) is 0.500. The van der Waals surface area contributed by atoms with Gasteiger partial charge in [0.1, 0.15) is 5.82 Å². The van der Waals surface area contributed by atoms with E-state index >= 15 is 0 Å². The second-order valence-electron chi connectivity index (χ2n) is 3.60. The number of nitrogen functional groups attached to an aromatic ring is 1. The number of nitrogens with two attached hydrogens (primary N) is 1. The predicted octanol–water partition coefficient (Wildman–Crippen LogP) is 3.03. The van der Waals surface area contributed by atoms with E-state index in [2.05, 4.69) is 20.8 Å². The fourth-order valence-electron chi connectivity index (χ4n) is 1.59. The predicted molar refractivity (Wildman–Crippen MR) is 72.9 cm³/mol. The molecule has 0 bridgehead atoms. The van der Waals surface area contributed by atoms with Crippen LogP contribution < -0.4 is 10.6 Å². The van der Waals surface area contributed by atoms with Crippen molar-refractivity contribution in [1.82, 2.24) is 0 Å². The van der Waals surface area contributed by atoms with Crippen molar-refractivity contribution in [3.8, 4) is 0 Å². The van der Waals surface area contributed by atoms with Gasteiger partial charge in [-0.15, -0.1) is 0 Å². The van der Waals surface area contributed by atoms with E-state index in [9.17, 15) is 4.39 Å². The Bertz CT molecular complexity index is 374. The van der Waals surface area contributed by atoms with Gasteiger partial charge in [-0.1, -0.05) is 0 Å². The molecule has 0 aromatic heterocycles. The van der Waals surface area contributed by atoms with Gasteiger partial charge in [-0.3, -0.25) is 0 Å². The summed E-state index contributed by atoms with van der Waals surface area (Å²) in [6, 6.07) is 3.04. The number of halogens is 2. The molecule has 1 rings (SSSR count). The van der Waals surface area contributed by atoms with E-state index in [4.69, 9.17) is 10.5 Å². The van der Waals surface area contributed by atoms with Crippen molar-refractivity contribution in [3.63, 3.8) is 0 Å². The summed E-state index contributed by atoms with van der Waals surface area (Å²) < 4.78 is 19.0. The fourth-order valence-corrected chi connectivity index (χ4v) is 1.92. The molecule has 1 aromatic rings. The van der Waals surface area contributed by atoms with Gasteiger partial charge < -0.3 is 15.4 Å². The number of ether oxygens (including phenoxy) is 1. The molecule has 1 aromatic carbocycles. The van der Waals surface area contributed by atoms with Gasteiger partial charge in [0.15, 0.2) is 0 Å². The van der Waals surface area contributed by atoms with E-state index < -0.39 is 0 Å². The van der Waals surface area contributed by atoms with Crippen LogP contribution in [0.25, 0.3) is 0 Å². The SMILES string of the molecule is CCOCCN(CC)c1cc(Br)c(F)cc1N. The Labute approximate surface area is 110 Å². The molecular weight excluding hydrogens is 287 g/mol. The molecule has 0 fully saturated rings. The van der Waals surface area contributed by atoms with Crippen LogP contribution in [0.2, 0.25) is 0 Å². The van der Waals surface area contributed by atoms with Crippen molar-refractivity contribution in [2.75, 3.05) is 36.9 Å². The van der Waals surface area contributed by atoms with Crippen LogP contribution in [0.3, 0.4) is 0 Å². The summed E-state index contributed by atoms with van der Waals surface area (Å²) in [6.45, 7) is 6.86. The molecule has 2 N–H and O–H groups in total. The van der Waals surface area contributed by atoms with Crippen LogP contribution in [-0.2, 0) is 4.74 Å². The number of benzene rings is 1.